The highest BCUT2D eigenvalue weighted by Crippen LogP contribution is 2.27. The van der Waals surface area contributed by atoms with E-state index < -0.39 is 35.0 Å². The number of amides is 2. The van der Waals surface area contributed by atoms with Gasteiger partial charge in [-0.1, -0.05) is 6.07 Å². The second kappa shape index (κ2) is 6.88. The number of carbonyl (C=O) groups is 2. The second-order valence-corrected chi connectivity index (χ2v) is 5.78. The van der Waals surface area contributed by atoms with E-state index in [2.05, 4.69) is 5.32 Å². The van der Waals surface area contributed by atoms with Crippen LogP contribution >= 0.6 is 0 Å². The molecule has 0 saturated carbocycles. The minimum atomic E-state index is -1.68. The molecule has 3 rings (SSSR count). The fourth-order valence-corrected chi connectivity index (χ4v) is 2.73. The summed E-state index contributed by atoms with van der Waals surface area (Å²) in [6, 6.07) is 9.93. The van der Waals surface area contributed by atoms with Crippen LogP contribution in [0.5, 0.6) is 0 Å². The van der Waals surface area contributed by atoms with Crippen molar-refractivity contribution < 1.29 is 22.8 Å². The maximum Gasteiger partial charge on any atom is 0.229 e. The summed E-state index contributed by atoms with van der Waals surface area (Å²) in [5.74, 6) is -6.34. The van der Waals surface area contributed by atoms with E-state index in [0.717, 1.165) is 6.07 Å². The molecule has 132 valence electrons. The Bertz CT molecular complexity index is 940. The van der Waals surface area contributed by atoms with Crippen LogP contribution in [0.25, 0.3) is 0 Å². The summed E-state index contributed by atoms with van der Waals surface area (Å²) in [4.78, 5) is 25.8. The fourth-order valence-electron chi connectivity index (χ4n) is 2.73. The van der Waals surface area contributed by atoms with Crippen LogP contribution in [0, 0.1) is 34.7 Å². The maximum atomic E-state index is 13.7. The molecule has 1 unspecified atom stereocenters. The predicted octanol–water partition coefficient (Wildman–Crippen LogP) is 2.97. The Labute approximate surface area is 146 Å². The molecule has 0 bridgehead atoms. The highest BCUT2D eigenvalue weighted by Gasteiger charge is 2.35. The van der Waals surface area contributed by atoms with E-state index in [9.17, 15) is 22.8 Å². The van der Waals surface area contributed by atoms with Crippen molar-refractivity contribution in [2.45, 2.75) is 6.42 Å². The average molecular weight is 359 g/mol. The Morgan fingerprint density at radius 2 is 1.96 bits per heavy atom. The zero-order valence-corrected chi connectivity index (χ0v) is 13.3. The monoisotopic (exact) mass is 359 g/mol. The minimum absolute atomic E-state index is 0.0326. The molecule has 1 heterocycles. The highest BCUT2D eigenvalue weighted by atomic mass is 19.2. The lowest BCUT2D eigenvalue weighted by atomic mass is 10.1. The van der Waals surface area contributed by atoms with E-state index in [1.165, 1.54) is 11.0 Å². The molecule has 0 aliphatic carbocycles. The largest absolute Gasteiger partial charge is 0.323 e. The summed E-state index contributed by atoms with van der Waals surface area (Å²) in [5, 5.41) is 11.1. The van der Waals surface area contributed by atoms with E-state index in [1.807, 2.05) is 6.07 Å². The number of rotatable bonds is 3. The quantitative estimate of drug-likeness (QED) is 0.857. The molecule has 0 spiro atoms. The molecule has 5 nitrogen and oxygen atoms in total. The first-order valence-corrected chi connectivity index (χ1v) is 7.65. The molecule has 2 aromatic rings. The molecule has 1 atom stereocenters. The van der Waals surface area contributed by atoms with Crippen molar-refractivity contribution in [3.63, 3.8) is 0 Å². The second-order valence-electron chi connectivity index (χ2n) is 5.78. The molecule has 8 heteroatoms. The van der Waals surface area contributed by atoms with Gasteiger partial charge in [0.05, 0.1) is 23.2 Å². The van der Waals surface area contributed by atoms with Gasteiger partial charge in [0.2, 0.25) is 11.8 Å². The zero-order valence-electron chi connectivity index (χ0n) is 13.3. The summed E-state index contributed by atoms with van der Waals surface area (Å²) in [7, 11) is 0. The summed E-state index contributed by atoms with van der Waals surface area (Å²) < 4.78 is 39.9. The van der Waals surface area contributed by atoms with Gasteiger partial charge >= 0.3 is 0 Å². The van der Waals surface area contributed by atoms with Crippen molar-refractivity contribution in [2.24, 2.45) is 5.92 Å². The summed E-state index contributed by atoms with van der Waals surface area (Å²) in [5.41, 5.74) is 0.349. The zero-order chi connectivity index (χ0) is 18.8. The lowest BCUT2D eigenvalue weighted by Crippen LogP contribution is -2.28. The first-order chi connectivity index (χ1) is 12.4. The number of hydrogen-bond acceptors (Lipinski definition) is 3. The van der Waals surface area contributed by atoms with E-state index in [-0.39, 0.29) is 18.9 Å². The molecule has 0 aromatic heterocycles. The molecule has 1 aliphatic rings. The molecule has 1 N–H and O–H groups in total. The topological polar surface area (TPSA) is 73.2 Å². The Morgan fingerprint density at radius 1 is 1.19 bits per heavy atom. The van der Waals surface area contributed by atoms with Crippen LogP contribution < -0.4 is 10.2 Å². The molecule has 1 saturated heterocycles. The Kier molecular flexibility index (Phi) is 4.63. The van der Waals surface area contributed by atoms with Crippen LogP contribution in [0.3, 0.4) is 0 Å². The van der Waals surface area contributed by atoms with Crippen molar-refractivity contribution >= 4 is 23.2 Å². The standard InChI is InChI=1S/C18H12F3N3O2/c19-13-4-5-14(17(21)16(13)20)23-18(26)11-7-15(25)24(9-11)12-3-1-2-10(6-12)8-22/h1-6,11H,7,9H2,(H,23,26). The number of nitrogens with one attached hydrogen (secondary N) is 1. The maximum absolute atomic E-state index is 13.7. The Morgan fingerprint density at radius 3 is 2.69 bits per heavy atom. The fraction of sp³-hybridized carbons (Fsp3) is 0.167. The van der Waals surface area contributed by atoms with Gasteiger partial charge in [-0.15, -0.1) is 0 Å². The summed E-state index contributed by atoms with van der Waals surface area (Å²) >= 11 is 0. The van der Waals surface area contributed by atoms with Gasteiger partial charge in [-0.05, 0) is 30.3 Å². The number of nitriles is 1. The molecular weight excluding hydrogens is 347 g/mol. The number of hydrogen-bond donors (Lipinski definition) is 1. The number of anilines is 2. The van der Waals surface area contributed by atoms with Crippen molar-refractivity contribution in [2.75, 3.05) is 16.8 Å². The van der Waals surface area contributed by atoms with Gasteiger partial charge in [-0.3, -0.25) is 9.59 Å². The van der Waals surface area contributed by atoms with Gasteiger partial charge in [0.1, 0.15) is 0 Å². The third kappa shape index (κ3) is 3.24. The van der Waals surface area contributed by atoms with Gasteiger partial charge in [-0.25, -0.2) is 13.2 Å². The van der Waals surface area contributed by atoms with Gasteiger partial charge < -0.3 is 10.2 Å². The molecule has 0 radical (unpaired) electrons. The first kappa shape index (κ1) is 17.5. The van der Waals surface area contributed by atoms with Crippen LogP contribution in [0.4, 0.5) is 24.5 Å². The van der Waals surface area contributed by atoms with Crippen LogP contribution in [-0.2, 0) is 9.59 Å². The molecule has 1 aliphatic heterocycles. The van der Waals surface area contributed by atoms with E-state index in [4.69, 9.17) is 5.26 Å². The lowest BCUT2D eigenvalue weighted by Gasteiger charge is -2.17. The third-order valence-corrected chi connectivity index (χ3v) is 4.08. The predicted molar refractivity (Wildman–Crippen MR) is 86.6 cm³/mol. The Hall–Kier alpha value is -3.34. The van der Waals surface area contributed by atoms with Crippen LogP contribution in [0.1, 0.15) is 12.0 Å². The van der Waals surface area contributed by atoms with Crippen molar-refractivity contribution in [3.05, 3.63) is 59.4 Å². The van der Waals surface area contributed by atoms with Crippen LogP contribution in [0.2, 0.25) is 0 Å². The lowest BCUT2D eigenvalue weighted by molar-refractivity contribution is -0.122. The molecule has 26 heavy (non-hydrogen) atoms. The van der Waals surface area contributed by atoms with Gasteiger partial charge in [0, 0.05) is 18.7 Å². The number of benzene rings is 2. The normalized spacial score (nSPS) is 16.5. The van der Waals surface area contributed by atoms with Crippen molar-refractivity contribution in [1.29, 1.82) is 5.26 Å². The number of nitrogens with zero attached hydrogens (tertiary/aromatic N) is 2. The highest BCUT2D eigenvalue weighted by molar-refractivity contribution is 6.03. The van der Waals surface area contributed by atoms with Crippen molar-refractivity contribution in [3.8, 4) is 6.07 Å². The van der Waals surface area contributed by atoms with Gasteiger partial charge in [-0.2, -0.15) is 5.26 Å². The van der Waals surface area contributed by atoms with Crippen LogP contribution in [-0.4, -0.2) is 18.4 Å². The molecule has 1 fully saturated rings. The molecule has 2 aromatic carbocycles. The van der Waals surface area contributed by atoms with E-state index in [0.29, 0.717) is 17.3 Å². The SMILES string of the molecule is N#Cc1cccc(N2CC(C(=O)Nc3ccc(F)c(F)c3F)CC2=O)c1. The third-order valence-electron chi connectivity index (χ3n) is 4.08. The van der Waals surface area contributed by atoms with Gasteiger partial charge in [0.15, 0.2) is 17.5 Å². The number of halogens is 3. The molecular formula is C18H12F3N3O2. The van der Waals surface area contributed by atoms with Crippen LogP contribution in [0.15, 0.2) is 36.4 Å². The van der Waals surface area contributed by atoms with Crippen molar-refractivity contribution in [1.82, 2.24) is 0 Å². The Balaban J connectivity index is 1.75. The molecule has 2 amide bonds. The van der Waals surface area contributed by atoms with E-state index in [1.54, 1.807) is 18.2 Å². The summed E-state index contributed by atoms with van der Waals surface area (Å²) in [6.07, 6.45) is -0.117. The minimum Gasteiger partial charge on any atom is -0.323 e. The van der Waals surface area contributed by atoms with Gasteiger partial charge in [0.25, 0.3) is 0 Å². The average Bonchev–Trinajstić information content (AvgIpc) is 3.04. The summed E-state index contributed by atoms with van der Waals surface area (Å²) in [6.45, 7) is 0.0326. The number of carbonyl (C=O) groups excluding carboxylic acids is 2. The van der Waals surface area contributed by atoms with E-state index >= 15 is 0 Å². The first-order valence-electron chi connectivity index (χ1n) is 7.65. The smallest absolute Gasteiger partial charge is 0.229 e.